The van der Waals surface area contributed by atoms with Gasteiger partial charge < -0.3 is 5.11 Å². The van der Waals surface area contributed by atoms with Crippen molar-refractivity contribution in [2.24, 2.45) is 0 Å². The number of nitro groups is 1. The molecule has 0 aliphatic heterocycles. The number of aliphatic carboxylic acids is 1. The number of carboxylic acids is 1. The van der Waals surface area contributed by atoms with E-state index in [9.17, 15) is 27.7 Å². The quantitative estimate of drug-likeness (QED) is 0.617. The van der Waals surface area contributed by atoms with Crippen LogP contribution in [0, 0.1) is 22.9 Å². The van der Waals surface area contributed by atoms with Crippen molar-refractivity contribution < 1.29 is 27.6 Å². The van der Waals surface area contributed by atoms with Crippen molar-refractivity contribution >= 4 is 27.4 Å². The Morgan fingerprint density at radius 1 is 1.24 bits per heavy atom. The number of hydrogen-bond acceptors (Lipinski definition) is 5. The summed E-state index contributed by atoms with van der Waals surface area (Å²) in [5.74, 6) is -2.06. The Kier molecular flexibility index (Phi) is 5.02. The minimum Gasteiger partial charge on any atom is -0.480 e. The van der Waals surface area contributed by atoms with Gasteiger partial charge in [-0.05, 0) is 37.3 Å². The van der Waals surface area contributed by atoms with E-state index in [1.165, 1.54) is 13.0 Å². The monoisotopic (exact) mass is 368 g/mol. The number of carbonyl (C=O) groups is 1. The maximum absolute atomic E-state index is 13.1. The van der Waals surface area contributed by atoms with Crippen molar-refractivity contribution in [1.29, 1.82) is 0 Å². The lowest BCUT2D eigenvalue weighted by molar-refractivity contribution is -0.385. The molecule has 0 saturated heterocycles. The molecule has 132 valence electrons. The van der Waals surface area contributed by atoms with Crippen LogP contribution in [-0.2, 0) is 14.8 Å². The highest BCUT2D eigenvalue weighted by molar-refractivity contribution is 7.92. The summed E-state index contributed by atoms with van der Waals surface area (Å²) in [5, 5.41) is 20.0. The molecule has 0 spiro atoms. The molecule has 0 unspecified atom stereocenters. The maximum atomic E-state index is 13.1. The molecule has 10 heteroatoms. The summed E-state index contributed by atoms with van der Waals surface area (Å²) in [6, 6.07) is 7.46. The lowest BCUT2D eigenvalue weighted by atomic mass is 10.2. The molecule has 0 aromatic heterocycles. The van der Waals surface area contributed by atoms with E-state index in [0.29, 0.717) is 4.31 Å². The second kappa shape index (κ2) is 6.85. The zero-order valence-electron chi connectivity index (χ0n) is 12.9. The number of anilines is 1. The predicted octanol–water partition coefficient (Wildman–Crippen LogP) is 2.32. The molecule has 0 heterocycles. The first-order valence-corrected chi connectivity index (χ1v) is 8.32. The maximum Gasteiger partial charge on any atom is 0.324 e. The van der Waals surface area contributed by atoms with E-state index in [0.717, 1.165) is 36.4 Å². The number of nitrogens with zero attached hydrogens (tertiary/aromatic N) is 2. The molecular weight excluding hydrogens is 355 g/mol. The van der Waals surface area contributed by atoms with Gasteiger partial charge in [0.25, 0.3) is 15.7 Å². The molecule has 1 N–H and O–H groups in total. The smallest absolute Gasteiger partial charge is 0.324 e. The van der Waals surface area contributed by atoms with Crippen molar-refractivity contribution in [3.8, 4) is 0 Å². The van der Waals surface area contributed by atoms with Crippen LogP contribution in [0.3, 0.4) is 0 Å². The summed E-state index contributed by atoms with van der Waals surface area (Å²) < 4.78 is 39.2. The Morgan fingerprint density at radius 3 is 2.36 bits per heavy atom. The molecule has 0 fully saturated rings. The summed E-state index contributed by atoms with van der Waals surface area (Å²) in [6.07, 6.45) is 0. The van der Waals surface area contributed by atoms with Crippen LogP contribution in [0.5, 0.6) is 0 Å². The third kappa shape index (κ3) is 3.91. The molecule has 2 aromatic carbocycles. The molecule has 25 heavy (non-hydrogen) atoms. The van der Waals surface area contributed by atoms with Crippen molar-refractivity contribution in [2.75, 3.05) is 10.8 Å². The molecule has 2 rings (SSSR count). The number of carboxylic acid groups (broad SMARTS) is 1. The highest BCUT2D eigenvalue weighted by Crippen LogP contribution is 2.27. The van der Waals surface area contributed by atoms with Gasteiger partial charge in [-0.3, -0.25) is 19.2 Å². The van der Waals surface area contributed by atoms with Crippen molar-refractivity contribution in [1.82, 2.24) is 0 Å². The van der Waals surface area contributed by atoms with Gasteiger partial charge in [0, 0.05) is 11.6 Å². The van der Waals surface area contributed by atoms with Crippen LogP contribution < -0.4 is 4.31 Å². The minimum absolute atomic E-state index is 0.0768. The molecule has 0 atom stereocenters. The van der Waals surface area contributed by atoms with Gasteiger partial charge in [-0.15, -0.1) is 0 Å². The van der Waals surface area contributed by atoms with Crippen LogP contribution in [0.4, 0.5) is 15.8 Å². The molecule has 0 aliphatic carbocycles. The predicted molar refractivity (Wildman–Crippen MR) is 86.4 cm³/mol. The number of halogens is 1. The molecular formula is C15H13FN2O6S. The zero-order valence-corrected chi connectivity index (χ0v) is 13.7. The van der Waals surface area contributed by atoms with E-state index in [1.54, 1.807) is 0 Å². The number of aryl methyl sites for hydroxylation is 1. The Balaban J connectivity index is 2.59. The first kappa shape index (κ1) is 18.3. The number of hydrogen-bond donors (Lipinski definition) is 1. The normalized spacial score (nSPS) is 11.1. The van der Waals surface area contributed by atoms with Gasteiger partial charge in [-0.2, -0.15) is 0 Å². The topological polar surface area (TPSA) is 118 Å². The van der Waals surface area contributed by atoms with Gasteiger partial charge >= 0.3 is 5.97 Å². The van der Waals surface area contributed by atoms with Gasteiger partial charge in [0.05, 0.1) is 15.5 Å². The largest absolute Gasteiger partial charge is 0.480 e. The number of rotatable bonds is 6. The summed E-state index contributed by atoms with van der Waals surface area (Å²) in [4.78, 5) is 20.9. The Hall–Kier alpha value is -3.01. The van der Waals surface area contributed by atoms with E-state index in [2.05, 4.69) is 0 Å². The fourth-order valence-electron chi connectivity index (χ4n) is 2.12. The second-order valence-electron chi connectivity index (χ2n) is 5.09. The highest BCUT2D eigenvalue weighted by Gasteiger charge is 2.29. The van der Waals surface area contributed by atoms with Crippen LogP contribution >= 0.6 is 0 Å². The van der Waals surface area contributed by atoms with Crippen molar-refractivity contribution in [3.63, 3.8) is 0 Å². The van der Waals surface area contributed by atoms with Crippen LogP contribution in [0.1, 0.15) is 5.56 Å². The molecule has 0 saturated carbocycles. The van der Waals surface area contributed by atoms with E-state index in [-0.39, 0.29) is 11.3 Å². The van der Waals surface area contributed by atoms with Crippen LogP contribution in [-0.4, -0.2) is 31.0 Å². The number of sulfonamides is 1. The van der Waals surface area contributed by atoms with Crippen molar-refractivity contribution in [3.05, 3.63) is 64.0 Å². The standard InChI is InChI=1S/C15H13FN2O6S/c1-10-2-7-13(8-14(10)18(21)22)25(23,24)17(9-15(19)20)12-5-3-11(16)4-6-12/h2-8H,9H2,1H3,(H,19,20). The van der Waals surface area contributed by atoms with Crippen LogP contribution in [0.2, 0.25) is 0 Å². The first-order chi connectivity index (χ1) is 11.6. The molecule has 8 nitrogen and oxygen atoms in total. The van der Waals surface area contributed by atoms with E-state index in [4.69, 9.17) is 5.11 Å². The molecule has 0 radical (unpaired) electrons. The van der Waals surface area contributed by atoms with Gasteiger partial charge in [0.15, 0.2) is 0 Å². The van der Waals surface area contributed by atoms with Gasteiger partial charge in [0.2, 0.25) is 0 Å². The molecule has 2 aromatic rings. The Labute approximate surface area is 142 Å². The van der Waals surface area contributed by atoms with E-state index in [1.807, 2.05) is 0 Å². The summed E-state index contributed by atoms with van der Waals surface area (Å²) >= 11 is 0. The molecule has 0 amide bonds. The van der Waals surface area contributed by atoms with E-state index < -0.39 is 43.9 Å². The number of benzene rings is 2. The molecule has 0 aliphatic rings. The average molecular weight is 368 g/mol. The lowest BCUT2D eigenvalue weighted by Crippen LogP contribution is -2.35. The minimum atomic E-state index is -4.41. The van der Waals surface area contributed by atoms with E-state index >= 15 is 0 Å². The summed E-state index contributed by atoms with van der Waals surface area (Å²) in [7, 11) is -4.41. The first-order valence-electron chi connectivity index (χ1n) is 6.88. The van der Waals surface area contributed by atoms with Crippen molar-refractivity contribution in [2.45, 2.75) is 11.8 Å². The lowest BCUT2D eigenvalue weighted by Gasteiger charge is -2.22. The fourth-order valence-corrected chi connectivity index (χ4v) is 3.55. The Bertz CT molecular complexity index is 928. The SMILES string of the molecule is Cc1ccc(S(=O)(=O)N(CC(=O)O)c2ccc(F)cc2)cc1[N+](=O)[O-]. The highest BCUT2D eigenvalue weighted by atomic mass is 32.2. The average Bonchev–Trinajstić information content (AvgIpc) is 2.53. The summed E-state index contributed by atoms with van der Waals surface area (Å²) in [6.45, 7) is 0.527. The van der Waals surface area contributed by atoms with Gasteiger partial charge in [-0.1, -0.05) is 6.07 Å². The second-order valence-corrected chi connectivity index (χ2v) is 6.95. The fraction of sp³-hybridized carbons (Fsp3) is 0.133. The third-order valence-corrected chi connectivity index (χ3v) is 5.13. The zero-order chi connectivity index (χ0) is 18.8. The molecule has 0 bridgehead atoms. The van der Waals surface area contributed by atoms with Crippen LogP contribution in [0.15, 0.2) is 47.4 Å². The van der Waals surface area contributed by atoms with Crippen LogP contribution in [0.25, 0.3) is 0 Å². The summed E-state index contributed by atoms with van der Waals surface area (Å²) in [5.41, 5.74) is -0.224. The Morgan fingerprint density at radius 2 is 1.84 bits per heavy atom. The van der Waals surface area contributed by atoms with Gasteiger partial charge in [-0.25, -0.2) is 12.8 Å². The third-order valence-electron chi connectivity index (χ3n) is 3.36. The van der Waals surface area contributed by atoms with Gasteiger partial charge in [0.1, 0.15) is 12.4 Å². The number of nitro benzene ring substituents is 1.